The van der Waals surface area contributed by atoms with Gasteiger partial charge in [-0.25, -0.2) is 0 Å². The van der Waals surface area contributed by atoms with Crippen LogP contribution in [0.5, 0.6) is 0 Å². The van der Waals surface area contributed by atoms with Gasteiger partial charge >= 0.3 is 0 Å². The summed E-state index contributed by atoms with van der Waals surface area (Å²) >= 11 is 0. The van der Waals surface area contributed by atoms with Crippen molar-refractivity contribution in [3.05, 3.63) is 11.6 Å². The van der Waals surface area contributed by atoms with E-state index in [9.17, 15) is 4.79 Å². The van der Waals surface area contributed by atoms with Crippen LogP contribution in [0.4, 0.5) is 0 Å². The molecule has 0 radical (unpaired) electrons. The van der Waals surface area contributed by atoms with Gasteiger partial charge in [-0.05, 0) is 64.6 Å². The van der Waals surface area contributed by atoms with Crippen LogP contribution in [0.3, 0.4) is 0 Å². The SMILES string of the molecule is CC(C)=CC[C@@H]1OC2(C)CCC(CC2O[Si](C)(C)C(C)(C)C)C1=O. The Morgan fingerprint density at radius 2 is 2.00 bits per heavy atom. The van der Waals surface area contributed by atoms with Crippen LogP contribution in [0.1, 0.15) is 67.2 Å². The molecule has 2 heterocycles. The highest BCUT2D eigenvalue weighted by Crippen LogP contribution is 2.46. The van der Waals surface area contributed by atoms with E-state index in [0.29, 0.717) is 6.42 Å². The van der Waals surface area contributed by atoms with Gasteiger partial charge in [0.15, 0.2) is 14.1 Å². The van der Waals surface area contributed by atoms with Crippen molar-refractivity contribution in [1.82, 2.24) is 0 Å². The van der Waals surface area contributed by atoms with Gasteiger partial charge in [0.2, 0.25) is 0 Å². The molecule has 0 N–H and O–H groups in total. The monoisotopic (exact) mass is 352 g/mol. The largest absolute Gasteiger partial charge is 0.411 e. The maximum atomic E-state index is 12.9. The summed E-state index contributed by atoms with van der Waals surface area (Å²) in [7, 11) is -1.88. The van der Waals surface area contributed by atoms with Crippen LogP contribution in [-0.2, 0) is 14.0 Å². The molecule has 138 valence electrons. The van der Waals surface area contributed by atoms with Crippen LogP contribution in [0.15, 0.2) is 11.6 Å². The van der Waals surface area contributed by atoms with Crippen molar-refractivity contribution in [3.63, 3.8) is 0 Å². The second-order valence-electron chi connectivity index (χ2n) is 9.68. The van der Waals surface area contributed by atoms with Crippen molar-refractivity contribution in [2.24, 2.45) is 5.92 Å². The summed E-state index contributed by atoms with van der Waals surface area (Å²) in [6, 6.07) is 0. The van der Waals surface area contributed by atoms with Crippen LogP contribution < -0.4 is 0 Å². The molecule has 0 aromatic heterocycles. The van der Waals surface area contributed by atoms with E-state index in [4.69, 9.17) is 9.16 Å². The molecule has 0 amide bonds. The van der Waals surface area contributed by atoms with Gasteiger partial charge in [-0.1, -0.05) is 32.4 Å². The van der Waals surface area contributed by atoms with E-state index in [0.717, 1.165) is 19.3 Å². The molecule has 3 rings (SSSR count). The number of hydrogen-bond donors (Lipinski definition) is 0. The second-order valence-corrected chi connectivity index (χ2v) is 14.4. The fourth-order valence-electron chi connectivity index (χ4n) is 3.50. The van der Waals surface area contributed by atoms with Gasteiger partial charge in [0.25, 0.3) is 0 Å². The third kappa shape index (κ3) is 4.02. The lowest BCUT2D eigenvalue weighted by atomic mass is 9.77. The van der Waals surface area contributed by atoms with Crippen molar-refractivity contribution in [3.8, 4) is 0 Å². The van der Waals surface area contributed by atoms with E-state index >= 15 is 0 Å². The van der Waals surface area contributed by atoms with Crippen LogP contribution in [0.2, 0.25) is 18.1 Å². The molecule has 24 heavy (non-hydrogen) atoms. The minimum atomic E-state index is -1.88. The average Bonchev–Trinajstić information content (AvgIpc) is 2.60. The molecule has 4 atom stereocenters. The van der Waals surface area contributed by atoms with Crippen LogP contribution in [0, 0.1) is 5.92 Å². The third-order valence-corrected chi connectivity index (χ3v) is 10.8. The average molecular weight is 353 g/mol. The summed E-state index contributed by atoms with van der Waals surface area (Å²) in [6.07, 6.45) is 5.25. The standard InChI is InChI=1S/C20H36O3Si/c1-14(2)9-10-16-18(21)15-11-12-20(6,22-16)17(13-15)23-24(7,8)19(3,4)5/h9,15-17H,10-13H2,1-8H3/t15?,16-,17?,20?/m0/s1. The molecule has 2 saturated heterocycles. The quantitative estimate of drug-likeness (QED) is 0.511. The van der Waals surface area contributed by atoms with Crippen LogP contribution in [0.25, 0.3) is 0 Å². The van der Waals surface area contributed by atoms with Crippen molar-refractivity contribution in [1.29, 1.82) is 0 Å². The number of fused-ring (bicyclic) bond motifs is 4. The predicted octanol–water partition coefficient (Wildman–Crippen LogP) is 5.26. The van der Waals surface area contributed by atoms with Crippen molar-refractivity contribution in [2.45, 2.75) is 103 Å². The zero-order chi connectivity index (χ0) is 18.3. The summed E-state index contributed by atoms with van der Waals surface area (Å²) in [6.45, 7) is 17.7. The molecule has 1 saturated carbocycles. The van der Waals surface area contributed by atoms with Gasteiger partial charge in [-0.3, -0.25) is 4.79 Å². The minimum Gasteiger partial charge on any atom is -0.411 e. The maximum Gasteiger partial charge on any atom is 0.192 e. The molecule has 3 fully saturated rings. The number of Topliss-reactive ketones (excluding diaryl/α,β-unsaturated/α-hetero) is 1. The molecular weight excluding hydrogens is 316 g/mol. The number of rotatable bonds is 4. The number of carbonyl (C=O) groups is 1. The molecule has 0 spiro atoms. The second kappa shape index (κ2) is 6.69. The summed E-state index contributed by atoms with van der Waals surface area (Å²) in [5.74, 6) is 0.392. The van der Waals surface area contributed by atoms with E-state index in [1.165, 1.54) is 5.57 Å². The van der Waals surface area contributed by atoms with Gasteiger partial charge in [-0.2, -0.15) is 0 Å². The number of ether oxygens (including phenoxy) is 1. The molecule has 3 nitrogen and oxygen atoms in total. The molecule has 1 aliphatic carbocycles. The first-order valence-electron chi connectivity index (χ1n) is 9.38. The Labute approximate surface area is 149 Å². The van der Waals surface area contributed by atoms with E-state index in [2.05, 4.69) is 60.7 Å². The molecule has 0 aromatic carbocycles. The van der Waals surface area contributed by atoms with Crippen molar-refractivity contribution < 1.29 is 14.0 Å². The van der Waals surface area contributed by atoms with Gasteiger partial charge < -0.3 is 9.16 Å². The predicted molar refractivity (Wildman–Crippen MR) is 102 cm³/mol. The first-order valence-corrected chi connectivity index (χ1v) is 12.3. The molecule has 4 heteroatoms. The summed E-state index contributed by atoms with van der Waals surface area (Å²) in [5, 5.41) is 0.167. The Hall–Kier alpha value is -0.453. The lowest BCUT2D eigenvalue weighted by Gasteiger charge is -2.47. The molecule has 2 aliphatic heterocycles. The van der Waals surface area contributed by atoms with Crippen molar-refractivity contribution >= 4 is 14.1 Å². The van der Waals surface area contributed by atoms with Gasteiger partial charge in [-0.15, -0.1) is 0 Å². The maximum absolute atomic E-state index is 12.9. The molecular formula is C20H36O3Si. The number of allylic oxidation sites excluding steroid dienone is 1. The van der Waals surface area contributed by atoms with Crippen molar-refractivity contribution in [2.75, 3.05) is 0 Å². The first-order chi connectivity index (χ1) is 10.9. The Morgan fingerprint density at radius 1 is 1.38 bits per heavy atom. The summed E-state index contributed by atoms with van der Waals surface area (Å²) in [5.41, 5.74) is 0.903. The van der Waals surface area contributed by atoms with Crippen LogP contribution >= 0.6 is 0 Å². The van der Waals surface area contributed by atoms with E-state index < -0.39 is 8.32 Å². The highest BCUT2D eigenvalue weighted by atomic mass is 28.4. The zero-order valence-electron chi connectivity index (χ0n) is 16.9. The summed E-state index contributed by atoms with van der Waals surface area (Å²) in [4.78, 5) is 12.9. The fraction of sp³-hybridized carbons (Fsp3) is 0.850. The zero-order valence-corrected chi connectivity index (χ0v) is 17.9. The summed E-state index contributed by atoms with van der Waals surface area (Å²) < 4.78 is 13.2. The lowest BCUT2D eigenvalue weighted by molar-refractivity contribution is -0.149. The third-order valence-electron chi connectivity index (χ3n) is 6.28. The first kappa shape index (κ1) is 19.9. The Bertz CT molecular complexity index is 513. The van der Waals surface area contributed by atoms with Gasteiger partial charge in [0, 0.05) is 5.92 Å². The Balaban J connectivity index is 2.23. The highest BCUT2D eigenvalue weighted by molar-refractivity contribution is 6.74. The fourth-order valence-corrected chi connectivity index (χ4v) is 4.91. The molecule has 2 bridgehead atoms. The Kier molecular flexibility index (Phi) is 5.54. The number of ketones is 1. The molecule has 0 aromatic rings. The number of hydrogen-bond acceptors (Lipinski definition) is 3. The normalized spacial score (nSPS) is 34.2. The smallest absolute Gasteiger partial charge is 0.192 e. The molecule has 3 aliphatic rings. The lowest BCUT2D eigenvalue weighted by Crippen LogP contribution is -2.54. The van der Waals surface area contributed by atoms with E-state index in [-0.39, 0.29) is 34.5 Å². The van der Waals surface area contributed by atoms with Crippen LogP contribution in [-0.4, -0.2) is 31.9 Å². The van der Waals surface area contributed by atoms with E-state index in [1.54, 1.807) is 0 Å². The highest BCUT2D eigenvalue weighted by Gasteiger charge is 2.53. The van der Waals surface area contributed by atoms with E-state index in [1.807, 2.05) is 0 Å². The topological polar surface area (TPSA) is 35.5 Å². The molecule has 3 unspecified atom stereocenters. The number of carbonyl (C=O) groups excluding carboxylic acids is 1. The van der Waals surface area contributed by atoms with Gasteiger partial charge in [0.1, 0.15) is 6.10 Å². The van der Waals surface area contributed by atoms with Gasteiger partial charge in [0.05, 0.1) is 11.7 Å². The Morgan fingerprint density at radius 3 is 2.54 bits per heavy atom. The minimum absolute atomic E-state index is 0.0396.